The summed E-state index contributed by atoms with van der Waals surface area (Å²) in [5, 5.41) is 4.66. The van der Waals surface area contributed by atoms with Crippen LogP contribution in [-0.4, -0.2) is 46.1 Å². The Labute approximate surface area is 158 Å². The second-order valence-corrected chi connectivity index (χ2v) is 6.93. The highest BCUT2D eigenvalue weighted by molar-refractivity contribution is 7.99. The number of aromatic nitrogens is 3. The van der Waals surface area contributed by atoms with Crippen molar-refractivity contribution < 1.29 is 9.53 Å². The first-order valence-electron chi connectivity index (χ1n) is 8.33. The molecular formula is C18H25N5O2S. The first kappa shape index (κ1) is 20.1. The number of rotatable bonds is 8. The first-order valence-corrected chi connectivity index (χ1v) is 9.32. The van der Waals surface area contributed by atoms with Crippen LogP contribution in [0, 0.1) is 27.7 Å². The van der Waals surface area contributed by atoms with Crippen LogP contribution in [0.1, 0.15) is 28.3 Å². The van der Waals surface area contributed by atoms with Crippen molar-refractivity contribution in [1.29, 1.82) is 0 Å². The number of amides is 1. The van der Waals surface area contributed by atoms with Gasteiger partial charge in [0.05, 0.1) is 18.6 Å². The van der Waals surface area contributed by atoms with Crippen molar-refractivity contribution in [3.63, 3.8) is 0 Å². The summed E-state index contributed by atoms with van der Waals surface area (Å²) in [6.07, 6.45) is 1.67. The van der Waals surface area contributed by atoms with Gasteiger partial charge in [0.15, 0.2) is 5.16 Å². The number of carbonyl (C=O) groups is 1. The van der Waals surface area contributed by atoms with Gasteiger partial charge in [-0.15, -0.1) is 0 Å². The van der Waals surface area contributed by atoms with Gasteiger partial charge in [0.1, 0.15) is 0 Å². The van der Waals surface area contributed by atoms with Gasteiger partial charge >= 0.3 is 0 Å². The van der Waals surface area contributed by atoms with E-state index >= 15 is 0 Å². The van der Waals surface area contributed by atoms with Gasteiger partial charge in [-0.05, 0) is 39.8 Å². The molecule has 0 aliphatic rings. The molecule has 1 N–H and O–H groups in total. The Kier molecular flexibility index (Phi) is 7.35. The van der Waals surface area contributed by atoms with Gasteiger partial charge in [-0.3, -0.25) is 4.79 Å². The molecule has 0 fully saturated rings. The van der Waals surface area contributed by atoms with Gasteiger partial charge in [-0.2, -0.15) is 5.10 Å². The van der Waals surface area contributed by atoms with Crippen molar-refractivity contribution in [3.8, 4) is 0 Å². The van der Waals surface area contributed by atoms with Crippen LogP contribution >= 0.6 is 11.8 Å². The molecule has 1 amide bonds. The molecule has 0 spiro atoms. The van der Waals surface area contributed by atoms with Crippen LogP contribution in [0.4, 0.5) is 0 Å². The van der Waals surface area contributed by atoms with E-state index in [0.29, 0.717) is 11.8 Å². The van der Waals surface area contributed by atoms with Crippen molar-refractivity contribution in [1.82, 2.24) is 20.0 Å². The van der Waals surface area contributed by atoms with E-state index in [2.05, 4.69) is 25.1 Å². The lowest BCUT2D eigenvalue weighted by Gasteiger charge is -2.08. The standard InChI is InChI=1S/C18H25N5O2S/c1-12-8-13(2)21-18(20-12)26-11-17(24)22-19-10-16-9-14(3)23(15(16)4)6-7-25-5/h8-10H,6-7,11H2,1-5H3,(H,22,24)/b19-10+. The Balaban J connectivity index is 1.88. The Morgan fingerprint density at radius 1 is 1.27 bits per heavy atom. The Hall–Kier alpha value is -2.19. The molecule has 0 unspecified atom stereocenters. The molecule has 8 heteroatoms. The number of carbonyl (C=O) groups excluding carboxylic acids is 1. The summed E-state index contributed by atoms with van der Waals surface area (Å²) in [6, 6.07) is 3.94. The Bertz CT molecular complexity index is 781. The number of hydrogen-bond acceptors (Lipinski definition) is 6. The fourth-order valence-corrected chi connectivity index (χ4v) is 3.32. The Morgan fingerprint density at radius 3 is 2.62 bits per heavy atom. The molecule has 2 aromatic rings. The summed E-state index contributed by atoms with van der Waals surface area (Å²) in [7, 11) is 1.69. The predicted octanol–water partition coefficient (Wildman–Crippen LogP) is 2.40. The second-order valence-electron chi connectivity index (χ2n) is 5.99. The number of hydrogen-bond donors (Lipinski definition) is 1. The topological polar surface area (TPSA) is 81.4 Å². The average Bonchev–Trinajstić information content (AvgIpc) is 2.84. The van der Waals surface area contributed by atoms with E-state index in [-0.39, 0.29) is 11.7 Å². The van der Waals surface area contributed by atoms with Crippen molar-refractivity contribution in [2.45, 2.75) is 39.4 Å². The molecule has 0 bridgehead atoms. The van der Waals surface area contributed by atoms with E-state index in [0.717, 1.165) is 34.9 Å². The first-order chi connectivity index (χ1) is 12.4. The molecule has 140 valence electrons. The van der Waals surface area contributed by atoms with Gasteiger partial charge in [0.25, 0.3) is 5.91 Å². The van der Waals surface area contributed by atoms with Gasteiger partial charge < -0.3 is 9.30 Å². The maximum absolute atomic E-state index is 12.0. The zero-order chi connectivity index (χ0) is 19.1. The minimum absolute atomic E-state index is 0.192. The highest BCUT2D eigenvalue weighted by Crippen LogP contribution is 2.14. The zero-order valence-electron chi connectivity index (χ0n) is 15.9. The van der Waals surface area contributed by atoms with Gasteiger partial charge in [-0.1, -0.05) is 11.8 Å². The number of hydrazone groups is 1. The van der Waals surface area contributed by atoms with Crippen LogP contribution < -0.4 is 5.43 Å². The third-order valence-corrected chi connectivity index (χ3v) is 4.67. The largest absolute Gasteiger partial charge is 0.383 e. The summed E-state index contributed by atoms with van der Waals surface area (Å²) in [5.41, 5.74) is 7.54. The molecule has 0 saturated carbocycles. The van der Waals surface area contributed by atoms with E-state index in [1.165, 1.54) is 11.8 Å². The number of ether oxygens (including phenoxy) is 1. The normalized spacial score (nSPS) is 11.3. The van der Waals surface area contributed by atoms with E-state index in [9.17, 15) is 4.79 Å². The van der Waals surface area contributed by atoms with Gasteiger partial charge in [0, 0.05) is 42.0 Å². The highest BCUT2D eigenvalue weighted by Gasteiger charge is 2.08. The Morgan fingerprint density at radius 2 is 1.96 bits per heavy atom. The van der Waals surface area contributed by atoms with Crippen LogP contribution in [0.2, 0.25) is 0 Å². The van der Waals surface area contributed by atoms with Crippen LogP contribution in [0.5, 0.6) is 0 Å². The van der Waals surface area contributed by atoms with Gasteiger partial charge in [0.2, 0.25) is 0 Å². The minimum atomic E-state index is -0.192. The second kappa shape index (κ2) is 9.49. The lowest BCUT2D eigenvalue weighted by atomic mass is 10.3. The van der Waals surface area contributed by atoms with Crippen LogP contribution in [0.3, 0.4) is 0 Å². The number of nitrogens with one attached hydrogen (secondary N) is 1. The third kappa shape index (κ3) is 5.67. The molecule has 26 heavy (non-hydrogen) atoms. The lowest BCUT2D eigenvalue weighted by Crippen LogP contribution is -2.20. The summed E-state index contributed by atoms with van der Waals surface area (Å²) >= 11 is 1.30. The van der Waals surface area contributed by atoms with Gasteiger partial charge in [-0.25, -0.2) is 15.4 Å². The van der Waals surface area contributed by atoms with Crippen molar-refractivity contribution >= 4 is 23.9 Å². The fraction of sp³-hybridized carbons (Fsp3) is 0.444. The van der Waals surface area contributed by atoms with Crippen molar-refractivity contribution in [2.24, 2.45) is 5.10 Å². The number of nitrogens with zero attached hydrogens (tertiary/aromatic N) is 4. The smallest absolute Gasteiger partial charge is 0.250 e. The summed E-state index contributed by atoms with van der Waals surface area (Å²) in [6.45, 7) is 9.33. The summed E-state index contributed by atoms with van der Waals surface area (Å²) < 4.78 is 7.30. The number of methoxy groups -OCH3 is 1. The zero-order valence-corrected chi connectivity index (χ0v) is 16.7. The summed E-state index contributed by atoms with van der Waals surface area (Å²) in [4.78, 5) is 20.6. The van der Waals surface area contributed by atoms with E-state index in [1.807, 2.05) is 39.8 Å². The maximum Gasteiger partial charge on any atom is 0.250 e. The molecule has 2 aromatic heterocycles. The molecule has 0 saturated heterocycles. The SMILES string of the molecule is COCCn1c(C)cc(/C=N/NC(=O)CSc2nc(C)cc(C)n2)c1C. The van der Waals surface area contributed by atoms with E-state index in [1.54, 1.807) is 13.3 Å². The number of aryl methyl sites for hydroxylation is 3. The predicted molar refractivity (Wildman–Crippen MR) is 104 cm³/mol. The number of thioether (sulfide) groups is 1. The molecule has 0 aliphatic heterocycles. The summed E-state index contributed by atoms with van der Waals surface area (Å²) in [5.74, 6) is 0.0230. The monoisotopic (exact) mass is 375 g/mol. The van der Waals surface area contributed by atoms with Crippen molar-refractivity contribution in [2.75, 3.05) is 19.5 Å². The van der Waals surface area contributed by atoms with Crippen LogP contribution in [0.15, 0.2) is 22.4 Å². The fourth-order valence-electron chi connectivity index (χ4n) is 2.58. The quantitative estimate of drug-likeness (QED) is 0.332. The molecule has 7 nitrogen and oxygen atoms in total. The highest BCUT2D eigenvalue weighted by atomic mass is 32.2. The molecular weight excluding hydrogens is 350 g/mol. The lowest BCUT2D eigenvalue weighted by molar-refractivity contribution is -0.118. The molecule has 0 aliphatic carbocycles. The van der Waals surface area contributed by atoms with Crippen LogP contribution in [-0.2, 0) is 16.1 Å². The maximum atomic E-state index is 12.0. The molecule has 2 rings (SSSR count). The van der Waals surface area contributed by atoms with Crippen LogP contribution in [0.25, 0.3) is 0 Å². The molecule has 2 heterocycles. The third-order valence-electron chi connectivity index (χ3n) is 3.82. The molecule has 0 radical (unpaired) electrons. The van der Waals surface area contributed by atoms with Crippen molar-refractivity contribution in [3.05, 3.63) is 40.5 Å². The average molecular weight is 375 g/mol. The van der Waals surface area contributed by atoms with E-state index < -0.39 is 0 Å². The molecule has 0 aromatic carbocycles. The molecule has 0 atom stereocenters. The minimum Gasteiger partial charge on any atom is -0.383 e. The van der Waals surface area contributed by atoms with E-state index in [4.69, 9.17) is 4.74 Å².